The van der Waals surface area contributed by atoms with Gasteiger partial charge in [0.05, 0.1) is 16.9 Å². The van der Waals surface area contributed by atoms with Crippen molar-refractivity contribution in [3.63, 3.8) is 0 Å². The van der Waals surface area contributed by atoms with Crippen LogP contribution in [0.15, 0.2) is 48.7 Å². The lowest BCUT2D eigenvalue weighted by molar-refractivity contribution is 0.102. The van der Waals surface area contributed by atoms with Crippen molar-refractivity contribution >= 4 is 22.5 Å². The average Bonchev–Trinajstić information content (AvgIpc) is 2.50. The Labute approximate surface area is 120 Å². The first kappa shape index (κ1) is 13.2. The second-order valence-electron chi connectivity index (χ2n) is 4.59. The largest absolute Gasteiger partial charge is 0.320 e. The van der Waals surface area contributed by atoms with Gasteiger partial charge in [-0.05, 0) is 43.3 Å². The molecular formula is C16H12FN3O. The lowest BCUT2D eigenvalue weighted by Gasteiger charge is -2.08. The molecule has 0 fully saturated rings. The summed E-state index contributed by atoms with van der Waals surface area (Å²) in [5, 5.41) is 3.62. The lowest BCUT2D eigenvalue weighted by Crippen LogP contribution is -2.14. The van der Waals surface area contributed by atoms with E-state index in [9.17, 15) is 9.18 Å². The Morgan fingerprint density at radius 1 is 1.14 bits per heavy atom. The van der Waals surface area contributed by atoms with Crippen LogP contribution in [0.25, 0.3) is 10.9 Å². The molecule has 21 heavy (non-hydrogen) atoms. The summed E-state index contributed by atoms with van der Waals surface area (Å²) in [6.45, 7) is 1.52. The fourth-order valence-corrected chi connectivity index (χ4v) is 2.07. The molecule has 0 unspecified atom stereocenters. The van der Waals surface area contributed by atoms with Crippen LogP contribution in [-0.2, 0) is 0 Å². The number of carbonyl (C=O) groups is 1. The van der Waals surface area contributed by atoms with Crippen molar-refractivity contribution in [3.05, 3.63) is 65.9 Å². The van der Waals surface area contributed by atoms with Gasteiger partial charge in [-0.2, -0.15) is 0 Å². The van der Waals surface area contributed by atoms with Crippen molar-refractivity contribution in [3.8, 4) is 0 Å². The molecule has 2 aromatic heterocycles. The zero-order valence-corrected chi connectivity index (χ0v) is 11.3. The van der Waals surface area contributed by atoms with Gasteiger partial charge in [0.25, 0.3) is 5.91 Å². The fourth-order valence-electron chi connectivity index (χ4n) is 2.07. The summed E-state index contributed by atoms with van der Waals surface area (Å²) in [6.07, 6.45) is 1.69. The van der Waals surface area contributed by atoms with Crippen LogP contribution in [0.4, 0.5) is 10.1 Å². The van der Waals surface area contributed by atoms with Crippen molar-refractivity contribution in [2.24, 2.45) is 0 Å². The number of hydrogen-bond acceptors (Lipinski definition) is 3. The maximum atomic E-state index is 13.2. The Morgan fingerprint density at radius 2 is 2.00 bits per heavy atom. The van der Waals surface area contributed by atoms with E-state index in [1.165, 1.54) is 19.1 Å². The topological polar surface area (TPSA) is 54.9 Å². The van der Waals surface area contributed by atoms with Gasteiger partial charge in [0.1, 0.15) is 11.5 Å². The van der Waals surface area contributed by atoms with E-state index in [0.29, 0.717) is 5.69 Å². The molecule has 0 atom stereocenters. The van der Waals surface area contributed by atoms with E-state index in [1.54, 1.807) is 18.3 Å². The molecule has 0 saturated heterocycles. The second kappa shape index (κ2) is 5.28. The zero-order valence-electron chi connectivity index (χ0n) is 11.3. The van der Waals surface area contributed by atoms with Gasteiger partial charge in [0.2, 0.25) is 0 Å². The normalized spacial score (nSPS) is 10.6. The van der Waals surface area contributed by atoms with Gasteiger partial charge >= 0.3 is 0 Å². The first-order valence-corrected chi connectivity index (χ1v) is 6.43. The Morgan fingerprint density at radius 3 is 2.81 bits per heavy atom. The van der Waals surface area contributed by atoms with Crippen LogP contribution in [0.2, 0.25) is 0 Å². The number of anilines is 1. The van der Waals surface area contributed by atoms with Gasteiger partial charge in [-0.15, -0.1) is 0 Å². The third-order valence-electron chi connectivity index (χ3n) is 3.15. The van der Waals surface area contributed by atoms with Crippen LogP contribution in [0, 0.1) is 12.7 Å². The third kappa shape index (κ3) is 2.58. The molecule has 3 rings (SSSR count). The highest BCUT2D eigenvalue weighted by Gasteiger charge is 2.11. The van der Waals surface area contributed by atoms with Crippen LogP contribution in [0.3, 0.4) is 0 Å². The SMILES string of the molecule is Cc1nc(C(=O)Nc2cccc3ncccc23)ccc1F. The monoisotopic (exact) mass is 281 g/mol. The van der Waals surface area contributed by atoms with Crippen LogP contribution in [0.5, 0.6) is 0 Å². The van der Waals surface area contributed by atoms with E-state index in [1.807, 2.05) is 18.2 Å². The number of aryl methyl sites for hydroxylation is 1. The molecule has 0 bridgehead atoms. The predicted octanol–water partition coefficient (Wildman–Crippen LogP) is 3.33. The molecule has 0 radical (unpaired) electrons. The van der Waals surface area contributed by atoms with E-state index < -0.39 is 5.82 Å². The van der Waals surface area contributed by atoms with Crippen molar-refractivity contribution in [2.45, 2.75) is 6.92 Å². The van der Waals surface area contributed by atoms with E-state index in [4.69, 9.17) is 0 Å². The van der Waals surface area contributed by atoms with E-state index in [2.05, 4.69) is 15.3 Å². The summed E-state index contributed by atoms with van der Waals surface area (Å²) in [5.74, 6) is -0.810. The van der Waals surface area contributed by atoms with Crippen LogP contribution in [-0.4, -0.2) is 15.9 Å². The Kier molecular flexibility index (Phi) is 3.31. The summed E-state index contributed by atoms with van der Waals surface area (Å²) in [7, 11) is 0. The van der Waals surface area contributed by atoms with Crippen molar-refractivity contribution < 1.29 is 9.18 Å². The molecule has 1 amide bonds. The maximum Gasteiger partial charge on any atom is 0.274 e. The minimum atomic E-state index is -0.430. The standard InChI is InChI=1S/C16H12FN3O/c1-10-12(17)7-8-15(19-10)16(21)20-14-6-2-5-13-11(14)4-3-9-18-13/h2-9H,1H3,(H,20,21). The molecule has 4 nitrogen and oxygen atoms in total. The summed E-state index contributed by atoms with van der Waals surface area (Å²) in [6, 6.07) is 11.8. The van der Waals surface area contributed by atoms with Gasteiger partial charge in [0, 0.05) is 11.6 Å². The molecule has 1 N–H and O–H groups in total. The quantitative estimate of drug-likeness (QED) is 0.784. The number of amides is 1. The highest BCUT2D eigenvalue weighted by Crippen LogP contribution is 2.21. The number of halogens is 1. The van der Waals surface area contributed by atoms with Gasteiger partial charge < -0.3 is 5.32 Å². The number of benzene rings is 1. The number of nitrogens with one attached hydrogen (secondary N) is 1. The van der Waals surface area contributed by atoms with Crippen molar-refractivity contribution in [2.75, 3.05) is 5.32 Å². The Balaban J connectivity index is 1.94. The lowest BCUT2D eigenvalue weighted by atomic mass is 10.2. The second-order valence-corrected chi connectivity index (χ2v) is 4.59. The number of pyridine rings is 2. The number of hydrogen-bond donors (Lipinski definition) is 1. The van der Waals surface area contributed by atoms with Gasteiger partial charge in [0.15, 0.2) is 0 Å². The van der Waals surface area contributed by atoms with Crippen molar-refractivity contribution in [1.29, 1.82) is 0 Å². The van der Waals surface area contributed by atoms with E-state index >= 15 is 0 Å². The van der Waals surface area contributed by atoms with Gasteiger partial charge in [-0.25, -0.2) is 9.37 Å². The van der Waals surface area contributed by atoms with Crippen LogP contribution >= 0.6 is 0 Å². The van der Waals surface area contributed by atoms with Gasteiger partial charge in [-0.1, -0.05) is 6.07 Å². The average molecular weight is 281 g/mol. The Bertz CT molecular complexity index is 827. The summed E-state index contributed by atoms with van der Waals surface area (Å²) >= 11 is 0. The maximum absolute atomic E-state index is 13.2. The van der Waals surface area contributed by atoms with E-state index in [-0.39, 0.29) is 17.3 Å². The molecular weight excluding hydrogens is 269 g/mol. The third-order valence-corrected chi connectivity index (χ3v) is 3.15. The number of aromatic nitrogens is 2. The Hall–Kier alpha value is -2.82. The molecule has 2 heterocycles. The molecule has 0 saturated carbocycles. The summed E-state index contributed by atoms with van der Waals surface area (Å²) in [5.41, 5.74) is 1.81. The number of nitrogens with zero attached hydrogens (tertiary/aromatic N) is 2. The van der Waals surface area contributed by atoms with Crippen LogP contribution < -0.4 is 5.32 Å². The number of carbonyl (C=O) groups excluding carboxylic acids is 1. The molecule has 5 heteroatoms. The fraction of sp³-hybridized carbons (Fsp3) is 0.0625. The highest BCUT2D eigenvalue weighted by molar-refractivity contribution is 6.07. The molecule has 0 aliphatic carbocycles. The molecule has 0 aliphatic rings. The number of fused-ring (bicyclic) bond motifs is 1. The molecule has 3 aromatic rings. The van der Waals surface area contributed by atoms with Crippen molar-refractivity contribution in [1.82, 2.24) is 9.97 Å². The first-order chi connectivity index (χ1) is 10.1. The van der Waals surface area contributed by atoms with E-state index in [0.717, 1.165) is 10.9 Å². The summed E-state index contributed by atoms with van der Waals surface area (Å²) in [4.78, 5) is 20.4. The van der Waals surface area contributed by atoms with Crippen LogP contribution in [0.1, 0.15) is 16.2 Å². The first-order valence-electron chi connectivity index (χ1n) is 6.43. The summed E-state index contributed by atoms with van der Waals surface area (Å²) < 4.78 is 13.2. The zero-order chi connectivity index (χ0) is 14.8. The smallest absolute Gasteiger partial charge is 0.274 e. The molecule has 0 aliphatic heterocycles. The molecule has 0 spiro atoms. The van der Waals surface area contributed by atoms with Gasteiger partial charge in [-0.3, -0.25) is 9.78 Å². The minimum Gasteiger partial charge on any atom is -0.320 e. The highest BCUT2D eigenvalue weighted by atomic mass is 19.1. The molecule has 1 aromatic carbocycles. The minimum absolute atomic E-state index is 0.176. The number of rotatable bonds is 2. The predicted molar refractivity (Wildman–Crippen MR) is 78.6 cm³/mol. The molecule has 104 valence electrons.